The van der Waals surface area contributed by atoms with E-state index in [0.29, 0.717) is 10.6 Å². The Hall–Kier alpha value is -3.74. The molecule has 0 saturated heterocycles. The Morgan fingerprint density at radius 2 is 1.76 bits per heavy atom. The summed E-state index contributed by atoms with van der Waals surface area (Å²) in [5, 5.41) is 10.1. The predicted molar refractivity (Wildman–Crippen MR) is 110 cm³/mol. The fourth-order valence-electron chi connectivity index (χ4n) is 2.63. The first kappa shape index (κ1) is 24.9. The number of halogens is 7. The van der Waals surface area contributed by atoms with Crippen LogP contribution in [-0.4, -0.2) is 27.9 Å². The third-order valence-corrected chi connectivity index (χ3v) is 4.27. The summed E-state index contributed by atoms with van der Waals surface area (Å²) in [5.41, 5.74) is 1.75. The largest absolute Gasteiger partial charge is 0.573 e. The van der Waals surface area contributed by atoms with Gasteiger partial charge in [0.1, 0.15) is 5.75 Å². The lowest BCUT2D eigenvalue weighted by atomic mass is 10.1. The summed E-state index contributed by atoms with van der Waals surface area (Å²) in [4.78, 5) is 12.2. The summed E-state index contributed by atoms with van der Waals surface area (Å²) >= 11 is 5.97. The van der Waals surface area contributed by atoms with Crippen molar-refractivity contribution in [1.29, 1.82) is 0 Å². The van der Waals surface area contributed by atoms with Crippen LogP contribution in [0.5, 0.6) is 5.75 Å². The van der Waals surface area contributed by atoms with Crippen molar-refractivity contribution in [2.75, 3.05) is 5.32 Å². The van der Waals surface area contributed by atoms with Crippen LogP contribution in [0, 0.1) is 0 Å². The molecular formula is C20H14ClF6N5O2. The number of carbonyl (C=O) groups excluding carboxylic acids is 1. The number of aromatic nitrogens is 2. The molecule has 7 nitrogen and oxygen atoms in total. The average molecular weight is 506 g/mol. The maximum Gasteiger partial charge on any atom is 0.573 e. The molecule has 2 amide bonds. The van der Waals surface area contributed by atoms with Gasteiger partial charge in [-0.15, -0.1) is 13.2 Å². The van der Waals surface area contributed by atoms with E-state index in [1.54, 1.807) is 18.2 Å². The molecule has 0 unspecified atom stereocenters. The van der Waals surface area contributed by atoms with Gasteiger partial charge in [-0.3, -0.25) is 4.68 Å². The fourth-order valence-corrected chi connectivity index (χ4v) is 2.82. The molecule has 0 aliphatic carbocycles. The second kappa shape index (κ2) is 10.0. The van der Waals surface area contributed by atoms with E-state index in [-0.39, 0.29) is 17.9 Å². The van der Waals surface area contributed by atoms with Crippen LogP contribution in [0.1, 0.15) is 11.3 Å². The van der Waals surface area contributed by atoms with Crippen LogP contribution in [-0.2, 0) is 12.7 Å². The number of hydrogen-bond acceptors (Lipinski definition) is 4. The molecule has 0 saturated carbocycles. The van der Waals surface area contributed by atoms with Gasteiger partial charge in [-0.2, -0.15) is 23.4 Å². The van der Waals surface area contributed by atoms with Gasteiger partial charge in [0.25, 0.3) is 0 Å². The predicted octanol–water partition coefficient (Wildman–Crippen LogP) is 5.68. The quantitative estimate of drug-likeness (QED) is 0.257. The summed E-state index contributed by atoms with van der Waals surface area (Å²) < 4.78 is 79.9. The number of nitrogens with zero attached hydrogens (tertiary/aromatic N) is 3. The van der Waals surface area contributed by atoms with Crippen LogP contribution in [0.4, 0.5) is 36.8 Å². The zero-order chi connectivity index (χ0) is 24.9. The number of benzene rings is 2. The van der Waals surface area contributed by atoms with Crippen LogP contribution in [0.25, 0.3) is 0 Å². The smallest absolute Gasteiger partial charge is 0.406 e. The molecule has 0 aliphatic rings. The zero-order valence-corrected chi connectivity index (χ0v) is 17.5. The third-order valence-electron chi connectivity index (χ3n) is 4.04. The first-order chi connectivity index (χ1) is 15.9. The molecule has 0 aliphatic heterocycles. The second-order valence-electron chi connectivity index (χ2n) is 6.60. The van der Waals surface area contributed by atoms with E-state index < -0.39 is 30.0 Å². The van der Waals surface area contributed by atoms with Gasteiger partial charge in [-0.25, -0.2) is 10.2 Å². The normalized spacial score (nSPS) is 12.4. The minimum Gasteiger partial charge on any atom is -0.406 e. The van der Waals surface area contributed by atoms with E-state index >= 15 is 0 Å². The lowest BCUT2D eigenvalue weighted by Crippen LogP contribution is -2.27. The van der Waals surface area contributed by atoms with E-state index in [1.165, 1.54) is 18.2 Å². The lowest BCUT2D eigenvalue weighted by Gasteiger charge is -2.11. The molecule has 34 heavy (non-hydrogen) atoms. The Morgan fingerprint density at radius 1 is 1.06 bits per heavy atom. The van der Waals surface area contributed by atoms with Crippen LogP contribution in [0.3, 0.4) is 0 Å². The monoisotopic (exact) mass is 505 g/mol. The Kier molecular flexibility index (Phi) is 7.35. The van der Waals surface area contributed by atoms with Crippen LogP contribution in [0.15, 0.2) is 65.9 Å². The third kappa shape index (κ3) is 7.40. The molecule has 2 N–H and O–H groups in total. The van der Waals surface area contributed by atoms with E-state index in [1.807, 2.05) is 0 Å². The zero-order valence-electron chi connectivity index (χ0n) is 16.8. The standard InChI is InChI=1S/C20H14ClF6N5O2/c21-13-3-1-2-12(10-13)16(11-32-9-8-17(31-32)19(22,23)24)29-30-18(33)28-14-4-6-15(7-5-14)34-20(25,26)27/h1-10H,11H2,(H2,28,30,33). The van der Waals surface area contributed by atoms with E-state index in [4.69, 9.17) is 11.6 Å². The number of hydrogen-bond donors (Lipinski definition) is 2. The Labute approximate surface area is 193 Å². The number of amides is 2. The molecule has 0 fully saturated rings. The van der Waals surface area contributed by atoms with Crippen molar-refractivity contribution in [2.45, 2.75) is 19.1 Å². The molecule has 180 valence electrons. The Bertz CT molecular complexity index is 1180. The first-order valence-corrected chi connectivity index (χ1v) is 9.63. The van der Waals surface area contributed by atoms with Crippen molar-refractivity contribution in [3.8, 4) is 5.75 Å². The van der Waals surface area contributed by atoms with E-state index in [2.05, 4.69) is 25.7 Å². The van der Waals surface area contributed by atoms with E-state index in [9.17, 15) is 31.1 Å². The average Bonchev–Trinajstić information content (AvgIpc) is 3.21. The topological polar surface area (TPSA) is 80.5 Å². The number of anilines is 1. The molecule has 14 heteroatoms. The maximum atomic E-state index is 12.8. The summed E-state index contributed by atoms with van der Waals surface area (Å²) in [6.07, 6.45) is -8.38. The maximum absolute atomic E-state index is 12.8. The van der Waals surface area contributed by atoms with Gasteiger partial charge >= 0.3 is 18.6 Å². The van der Waals surface area contributed by atoms with Crippen LogP contribution >= 0.6 is 11.6 Å². The Morgan fingerprint density at radius 3 is 2.35 bits per heavy atom. The van der Waals surface area contributed by atoms with Crippen molar-refractivity contribution in [1.82, 2.24) is 15.2 Å². The summed E-state index contributed by atoms with van der Waals surface area (Å²) in [6.45, 7) is -0.236. The number of urea groups is 1. The van der Waals surface area contributed by atoms with Crippen molar-refractivity contribution < 1.29 is 35.9 Å². The summed E-state index contributed by atoms with van der Waals surface area (Å²) in [5.74, 6) is -0.475. The van der Waals surface area contributed by atoms with Gasteiger partial charge in [0, 0.05) is 22.5 Å². The second-order valence-corrected chi connectivity index (χ2v) is 7.04. The van der Waals surface area contributed by atoms with Crippen molar-refractivity contribution in [3.63, 3.8) is 0 Å². The van der Waals surface area contributed by atoms with Crippen molar-refractivity contribution in [2.24, 2.45) is 5.10 Å². The molecule has 3 rings (SSSR count). The number of carbonyl (C=O) groups is 1. The Balaban J connectivity index is 1.73. The number of hydrazone groups is 1. The highest BCUT2D eigenvalue weighted by molar-refractivity contribution is 6.31. The molecular weight excluding hydrogens is 492 g/mol. The molecule has 0 spiro atoms. The summed E-state index contributed by atoms with van der Waals surface area (Å²) in [6, 6.07) is 10.5. The fraction of sp³-hybridized carbons (Fsp3) is 0.150. The summed E-state index contributed by atoms with van der Waals surface area (Å²) in [7, 11) is 0. The first-order valence-electron chi connectivity index (χ1n) is 9.25. The highest BCUT2D eigenvalue weighted by atomic mass is 35.5. The van der Waals surface area contributed by atoms with Gasteiger partial charge in [0.05, 0.1) is 12.3 Å². The van der Waals surface area contributed by atoms with E-state index in [0.717, 1.165) is 29.1 Å². The molecule has 0 atom stereocenters. The van der Waals surface area contributed by atoms with Gasteiger partial charge in [0.2, 0.25) is 0 Å². The molecule has 0 radical (unpaired) electrons. The van der Waals surface area contributed by atoms with Gasteiger partial charge in [-0.05, 0) is 42.5 Å². The molecule has 1 heterocycles. The highest BCUT2D eigenvalue weighted by Crippen LogP contribution is 2.27. The molecule has 3 aromatic rings. The number of alkyl halides is 6. The number of rotatable bonds is 6. The molecule has 2 aromatic carbocycles. The molecule has 0 bridgehead atoms. The van der Waals surface area contributed by atoms with Gasteiger partial charge in [0.15, 0.2) is 5.69 Å². The minimum absolute atomic E-state index is 0.128. The lowest BCUT2D eigenvalue weighted by molar-refractivity contribution is -0.274. The van der Waals surface area contributed by atoms with Crippen molar-refractivity contribution >= 4 is 29.0 Å². The number of ether oxygens (including phenoxy) is 1. The van der Waals surface area contributed by atoms with Gasteiger partial charge < -0.3 is 10.1 Å². The highest BCUT2D eigenvalue weighted by Gasteiger charge is 2.33. The van der Waals surface area contributed by atoms with Crippen LogP contribution in [0.2, 0.25) is 5.02 Å². The van der Waals surface area contributed by atoms with Gasteiger partial charge in [-0.1, -0.05) is 23.7 Å². The van der Waals surface area contributed by atoms with Crippen LogP contribution < -0.4 is 15.5 Å². The molecule has 1 aromatic heterocycles. The minimum atomic E-state index is -4.85. The van der Waals surface area contributed by atoms with Crippen molar-refractivity contribution in [3.05, 3.63) is 77.1 Å². The number of nitrogens with one attached hydrogen (secondary N) is 2. The SMILES string of the molecule is O=C(NN=C(Cn1ccc(C(F)(F)F)n1)c1cccc(Cl)c1)Nc1ccc(OC(F)(F)F)cc1.